The van der Waals surface area contributed by atoms with Crippen molar-refractivity contribution >= 4 is 11.6 Å². The third-order valence-corrected chi connectivity index (χ3v) is 5.33. The lowest BCUT2D eigenvalue weighted by Crippen LogP contribution is -1.99. The van der Waals surface area contributed by atoms with E-state index in [0.717, 1.165) is 31.2 Å². The number of aliphatic hydroxyl groups is 1. The largest absolute Gasteiger partial charge is 0.493 e. The highest BCUT2D eigenvalue weighted by Crippen LogP contribution is 2.30. The second-order valence-electron chi connectivity index (χ2n) is 7.84. The molecule has 0 bridgehead atoms. The van der Waals surface area contributed by atoms with Gasteiger partial charge in [-0.1, -0.05) is 63.1 Å². The number of allylic oxidation sites excluding steroid dienone is 1. The molecule has 0 heterocycles. The highest BCUT2D eigenvalue weighted by atomic mass is 19.1. The number of benzene rings is 2. The SMILES string of the molecule is COc1cc(/C=C(\C#N)c2ccc(F)cc2)ccc1OCCCCCCCCCCCO. The van der Waals surface area contributed by atoms with Crippen LogP contribution in [0.25, 0.3) is 11.6 Å². The Kier molecular flexibility index (Phi) is 12.0. The maximum atomic E-state index is 13.1. The van der Waals surface area contributed by atoms with E-state index in [0.29, 0.717) is 35.8 Å². The number of rotatable bonds is 15. The fraction of sp³-hybridized carbons (Fsp3) is 0.444. The smallest absolute Gasteiger partial charge is 0.161 e. The molecule has 0 fully saturated rings. The van der Waals surface area contributed by atoms with Crippen LogP contribution < -0.4 is 9.47 Å². The summed E-state index contributed by atoms with van der Waals surface area (Å²) in [4.78, 5) is 0. The van der Waals surface area contributed by atoms with E-state index in [2.05, 4.69) is 6.07 Å². The number of nitriles is 1. The Morgan fingerprint density at radius 2 is 1.53 bits per heavy atom. The maximum absolute atomic E-state index is 13.1. The van der Waals surface area contributed by atoms with Crippen molar-refractivity contribution in [1.29, 1.82) is 5.26 Å². The Morgan fingerprint density at radius 1 is 0.906 bits per heavy atom. The molecule has 4 nitrogen and oxygen atoms in total. The molecule has 0 aromatic heterocycles. The van der Waals surface area contributed by atoms with Gasteiger partial charge in [-0.15, -0.1) is 0 Å². The van der Waals surface area contributed by atoms with Gasteiger partial charge in [0.1, 0.15) is 5.82 Å². The molecule has 0 aliphatic heterocycles. The number of hydrogen-bond acceptors (Lipinski definition) is 4. The highest BCUT2D eigenvalue weighted by Gasteiger charge is 2.07. The van der Waals surface area contributed by atoms with E-state index in [9.17, 15) is 9.65 Å². The molecule has 0 aliphatic carbocycles. The molecule has 172 valence electrons. The summed E-state index contributed by atoms with van der Waals surface area (Å²) in [7, 11) is 1.60. The summed E-state index contributed by atoms with van der Waals surface area (Å²) in [5.74, 6) is 0.982. The molecular weight excluding hydrogens is 405 g/mol. The molecule has 0 radical (unpaired) electrons. The minimum absolute atomic E-state index is 0.307. The minimum atomic E-state index is -0.330. The van der Waals surface area contributed by atoms with Crippen molar-refractivity contribution in [1.82, 2.24) is 0 Å². The first-order chi connectivity index (χ1) is 15.7. The first-order valence-corrected chi connectivity index (χ1v) is 11.5. The summed E-state index contributed by atoms with van der Waals surface area (Å²) in [6.07, 6.45) is 12.1. The molecule has 0 unspecified atom stereocenters. The third kappa shape index (κ3) is 9.11. The molecule has 0 saturated carbocycles. The van der Waals surface area contributed by atoms with Crippen molar-refractivity contribution in [3.8, 4) is 17.6 Å². The fourth-order valence-electron chi connectivity index (χ4n) is 3.50. The topological polar surface area (TPSA) is 62.5 Å². The summed E-state index contributed by atoms with van der Waals surface area (Å²) in [5, 5.41) is 18.3. The van der Waals surface area contributed by atoms with Crippen LogP contribution in [0.4, 0.5) is 4.39 Å². The maximum Gasteiger partial charge on any atom is 0.161 e. The zero-order chi connectivity index (χ0) is 23.0. The van der Waals surface area contributed by atoms with E-state index in [-0.39, 0.29) is 5.82 Å². The van der Waals surface area contributed by atoms with Crippen LogP contribution >= 0.6 is 0 Å². The molecule has 2 aromatic carbocycles. The zero-order valence-corrected chi connectivity index (χ0v) is 19.0. The van der Waals surface area contributed by atoms with Crippen LogP contribution in [0.1, 0.15) is 68.9 Å². The van der Waals surface area contributed by atoms with E-state index in [1.807, 2.05) is 18.2 Å². The van der Waals surface area contributed by atoms with Crippen LogP contribution in [0.5, 0.6) is 11.5 Å². The van der Waals surface area contributed by atoms with Gasteiger partial charge in [0, 0.05) is 6.61 Å². The van der Waals surface area contributed by atoms with Crippen molar-refractivity contribution in [3.63, 3.8) is 0 Å². The van der Waals surface area contributed by atoms with Gasteiger partial charge in [-0.05, 0) is 54.3 Å². The number of unbranched alkanes of at least 4 members (excludes halogenated alkanes) is 8. The number of methoxy groups -OCH3 is 1. The van der Waals surface area contributed by atoms with Gasteiger partial charge >= 0.3 is 0 Å². The van der Waals surface area contributed by atoms with Gasteiger partial charge in [0.2, 0.25) is 0 Å². The molecule has 0 amide bonds. The fourth-order valence-corrected chi connectivity index (χ4v) is 3.50. The van der Waals surface area contributed by atoms with Crippen LogP contribution in [0.15, 0.2) is 42.5 Å². The molecule has 1 N–H and O–H groups in total. The summed E-state index contributed by atoms with van der Waals surface area (Å²) in [6, 6.07) is 13.6. The van der Waals surface area contributed by atoms with Gasteiger partial charge in [0.05, 0.1) is 25.4 Å². The monoisotopic (exact) mass is 439 g/mol. The zero-order valence-electron chi connectivity index (χ0n) is 19.0. The summed E-state index contributed by atoms with van der Waals surface area (Å²) in [5.41, 5.74) is 1.93. The molecule has 0 aliphatic rings. The second kappa shape index (κ2) is 15.0. The Balaban J connectivity index is 1.79. The predicted molar refractivity (Wildman–Crippen MR) is 127 cm³/mol. The van der Waals surface area contributed by atoms with Gasteiger partial charge in [-0.3, -0.25) is 0 Å². The number of ether oxygens (including phenoxy) is 2. The average molecular weight is 440 g/mol. The summed E-state index contributed by atoms with van der Waals surface area (Å²) >= 11 is 0. The Labute approximate surface area is 191 Å². The molecule has 2 rings (SSSR count). The van der Waals surface area contributed by atoms with Gasteiger partial charge < -0.3 is 14.6 Å². The van der Waals surface area contributed by atoms with Crippen molar-refractivity contribution in [2.75, 3.05) is 20.3 Å². The van der Waals surface area contributed by atoms with Crippen LogP contribution in [0.3, 0.4) is 0 Å². The van der Waals surface area contributed by atoms with Gasteiger partial charge in [0.25, 0.3) is 0 Å². The Hall–Kier alpha value is -2.84. The Bertz CT molecular complexity index is 871. The van der Waals surface area contributed by atoms with Crippen LogP contribution in [0, 0.1) is 17.1 Å². The molecule has 0 atom stereocenters. The number of halogens is 1. The van der Waals surface area contributed by atoms with Crippen LogP contribution in [-0.2, 0) is 0 Å². The predicted octanol–water partition coefficient (Wildman–Crippen LogP) is 6.78. The first-order valence-electron chi connectivity index (χ1n) is 11.5. The van der Waals surface area contributed by atoms with Gasteiger partial charge in [0.15, 0.2) is 11.5 Å². The van der Waals surface area contributed by atoms with Crippen molar-refractivity contribution in [3.05, 3.63) is 59.4 Å². The molecular formula is C27H34FNO3. The first kappa shape index (κ1) is 25.4. The number of hydrogen-bond donors (Lipinski definition) is 1. The van der Waals surface area contributed by atoms with E-state index in [4.69, 9.17) is 14.6 Å². The van der Waals surface area contributed by atoms with Crippen molar-refractivity contribution < 1.29 is 19.0 Å². The highest BCUT2D eigenvalue weighted by molar-refractivity contribution is 5.89. The molecule has 0 saturated heterocycles. The van der Waals surface area contributed by atoms with Gasteiger partial charge in [-0.25, -0.2) is 4.39 Å². The lowest BCUT2D eigenvalue weighted by molar-refractivity contribution is 0.281. The standard InChI is InChI=1S/C27H34FNO3/c1-31-27-20-22(19-24(21-29)23-12-14-25(28)15-13-23)11-16-26(27)32-18-10-8-6-4-2-3-5-7-9-17-30/h11-16,19-20,30H,2-10,17-18H2,1H3/b24-19+. The van der Waals surface area contributed by atoms with Crippen LogP contribution in [0.2, 0.25) is 0 Å². The van der Waals surface area contributed by atoms with E-state index < -0.39 is 0 Å². The number of aliphatic hydroxyl groups excluding tert-OH is 1. The molecule has 5 heteroatoms. The third-order valence-electron chi connectivity index (χ3n) is 5.33. The summed E-state index contributed by atoms with van der Waals surface area (Å²) < 4.78 is 24.5. The van der Waals surface area contributed by atoms with Crippen LogP contribution in [-0.4, -0.2) is 25.4 Å². The Morgan fingerprint density at radius 3 is 2.12 bits per heavy atom. The quantitative estimate of drug-likeness (QED) is 0.189. The van der Waals surface area contributed by atoms with E-state index in [1.54, 1.807) is 25.3 Å². The van der Waals surface area contributed by atoms with E-state index in [1.165, 1.54) is 44.2 Å². The molecule has 0 spiro atoms. The second-order valence-corrected chi connectivity index (χ2v) is 7.84. The summed E-state index contributed by atoms with van der Waals surface area (Å²) in [6.45, 7) is 0.947. The van der Waals surface area contributed by atoms with Crippen molar-refractivity contribution in [2.45, 2.75) is 57.8 Å². The van der Waals surface area contributed by atoms with Crippen molar-refractivity contribution in [2.24, 2.45) is 0 Å². The number of nitrogens with zero attached hydrogens (tertiary/aromatic N) is 1. The molecule has 32 heavy (non-hydrogen) atoms. The minimum Gasteiger partial charge on any atom is -0.493 e. The van der Waals surface area contributed by atoms with Gasteiger partial charge in [-0.2, -0.15) is 5.26 Å². The van der Waals surface area contributed by atoms with E-state index >= 15 is 0 Å². The molecule has 2 aromatic rings. The lowest BCUT2D eigenvalue weighted by Gasteiger charge is -2.11. The average Bonchev–Trinajstić information content (AvgIpc) is 2.82. The normalized spacial score (nSPS) is 11.2. The lowest BCUT2D eigenvalue weighted by atomic mass is 10.0.